The molecule has 2 heterocycles. The molecule has 1 aromatic carbocycles. The third-order valence-electron chi connectivity index (χ3n) is 3.93. The van der Waals surface area contributed by atoms with Gasteiger partial charge in [-0.2, -0.15) is 5.10 Å². The van der Waals surface area contributed by atoms with E-state index in [9.17, 15) is 4.79 Å². The van der Waals surface area contributed by atoms with Gasteiger partial charge in [-0.25, -0.2) is 4.98 Å². The number of amidine groups is 1. The second kappa shape index (κ2) is 6.23. The first-order valence-electron chi connectivity index (χ1n) is 7.91. The molecule has 0 bridgehead atoms. The van der Waals surface area contributed by atoms with Gasteiger partial charge in [0.15, 0.2) is 0 Å². The Kier molecular flexibility index (Phi) is 3.78. The van der Waals surface area contributed by atoms with Crippen LogP contribution in [0.5, 0.6) is 11.6 Å². The minimum Gasteiger partial charge on any atom is -0.439 e. The van der Waals surface area contributed by atoms with E-state index in [1.165, 1.54) is 12.8 Å². The lowest BCUT2D eigenvalue weighted by molar-refractivity contribution is 0.0976. The van der Waals surface area contributed by atoms with Crippen molar-refractivity contribution in [3.8, 4) is 11.6 Å². The lowest BCUT2D eigenvalue weighted by Gasteiger charge is -2.07. The summed E-state index contributed by atoms with van der Waals surface area (Å²) in [5, 5.41) is 11.0. The number of aromatic nitrogens is 1. The minimum absolute atomic E-state index is 0.189. The number of nitrogens with one attached hydrogen (secondary N) is 1. The Morgan fingerprint density at radius 1 is 1.08 bits per heavy atom. The topological polar surface area (TPSA) is 75.9 Å². The number of rotatable bonds is 4. The second-order valence-corrected chi connectivity index (χ2v) is 5.84. The summed E-state index contributed by atoms with van der Waals surface area (Å²) in [6.07, 6.45) is 4.69. The first-order chi connectivity index (χ1) is 11.8. The van der Waals surface area contributed by atoms with Gasteiger partial charge >= 0.3 is 0 Å². The normalized spacial score (nSPS) is 16.3. The predicted octanol–water partition coefficient (Wildman–Crippen LogP) is 3.17. The van der Waals surface area contributed by atoms with Crippen molar-refractivity contribution in [2.75, 3.05) is 0 Å². The van der Waals surface area contributed by atoms with Crippen LogP contribution in [0.1, 0.15) is 29.6 Å². The first kappa shape index (κ1) is 14.6. The van der Waals surface area contributed by atoms with Crippen LogP contribution in [-0.4, -0.2) is 22.4 Å². The van der Waals surface area contributed by atoms with E-state index in [-0.39, 0.29) is 5.91 Å². The summed E-state index contributed by atoms with van der Waals surface area (Å²) in [7, 11) is 0. The smallest absolute Gasteiger partial charge is 0.256 e. The van der Waals surface area contributed by atoms with E-state index in [2.05, 4.69) is 20.5 Å². The van der Waals surface area contributed by atoms with E-state index < -0.39 is 0 Å². The molecule has 0 unspecified atom stereocenters. The van der Waals surface area contributed by atoms with Crippen LogP contribution in [0.4, 0.5) is 0 Å². The van der Waals surface area contributed by atoms with Gasteiger partial charge in [0.05, 0.1) is 5.71 Å². The highest BCUT2D eigenvalue weighted by Crippen LogP contribution is 2.33. The summed E-state index contributed by atoms with van der Waals surface area (Å²) < 4.78 is 5.61. The average Bonchev–Trinajstić information content (AvgIpc) is 3.36. The van der Waals surface area contributed by atoms with E-state index >= 15 is 0 Å². The third-order valence-corrected chi connectivity index (χ3v) is 3.93. The molecule has 6 heteroatoms. The SMILES string of the molecule is O=C(NC1=NN=C(C2CC2)C1)c1ccc(Oc2ccccn2)cc1. The fraction of sp³-hybridized carbons (Fsp3) is 0.222. The highest BCUT2D eigenvalue weighted by atomic mass is 16.5. The van der Waals surface area contributed by atoms with Gasteiger partial charge in [0.25, 0.3) is 5.91 Å². The molecule has 1 aliphatic heterocycles. The van der Waals surface area contributed by atoms with Crippen molar-refractivity contribution in [3.63, 3.8) is 0 Å². The van der Waals surface area contributed by atoms with Gasteiger partial charge in [-0.1, -0.05) is 6.07 Å². The molecule has 1 saturated carbocycles. The molecule has 1 amide bonds. The van der Waals surface area contributed by atoms with Crippen LogP contribution < -0.4 is 10.1 Å². The molecular weight excluding hydrogens is 304 g/mol. The molecule has 0 spiro atoms. The Labute approximate surface area is 139 Å². The number of benzene rings is 1. The van der Waals surface area contributed by atoms with Crippen molar-refractivity contribution >= 4 is 17.5 Å². The highest BCUT2D eigenvalue weighted by Gasteiger charge is 2.31. The van der Waals surface area contributed by atoms with Crippen LogP contribution in [0.2, 0.25) is 0 Å². The zero-order chi connectivity index (χ0) is 16.4. The van der Waals surface area contributed by atoms with Crippen molar-refractivity contribution in [2.45, 2.75) is 19.3 Å². The molecule has 1 aromatic heterocycles. The van der Waals surface area contributed by atoms with Crippen molar-refractivity contribution in [2.24, 2.45) is 16.1 Å². The van der Waals surface area contributed by atoms with E-state index in [4.69, 9.17) is 4.74 Å². The number of carbonyl (C=O) groups is 1. The Hall–Kier alpha value is -3.02. The zero-order valence-electron chi connectivity index (χ0n) is 13.0. The molecule has 1 aliphatic carbocycles. The van der Waals surface area contributed by atoms with Gasteiger partial charge in [0.1, 0.15) is 11.6 Å². The van der Waals surface area contributed by atoms with E-state index in [1.807, 2.05) is 12.1 Å². The van der Waals surface area contributed by atoms with Crippen molar-refractivity contribution in [3.05, 3.63) is 54.2 Å². The minimum atomic E-state index is -0.189. The number of pyridine rings is 1. The van der Waals surface area contributed by atoms with Crippen LogP contribution in [0, 0.1) is 5.92 Å². The van der Waals surface area contributed by atoms with E-state index in [1.54, 1.807) is 36.5 Å². The number of nitrogens with zero attached hydrogens (tertiary/aromatic N) is 3. The lowest BCUT2D eigenvalue weighted by Crippen LogP contribution is -2.30. The molecule has 120 valence electrons. The fourth-order valence-corrected chi connectivity index (χ4v) is 2.48. The number of amides is 1. The van der Waals surface area contributed by atoms with Crippen molar-refractivity contribution < 1.29 is 9.53 Å². The Balaban J connectivity index is 1.35. The number of hydrogen-bond acceptors (Lipinski definition) is 5. The maximum absolute atomic E-state index is 12.3. The van der Waals surface area contributed by atoms with Crippen LogP contribution in [0.25, 0.3) is 0 Å². The van der Waals surface area contributed by atoms with Crippen LogP contribution in [0.15, 0.2) is 58.9 Å². The highest BCUT2D eigenvalue weighted by molar-refractivity contribution is 6.15. The largest absolute Gasteiger partial charge is 0.439 e. The second-order valence-electron chi connectivity index (χ2n) is 5.84. The molecule has 0 saturated heterocycles. The maximum Gasteiger partial charge on any atom is 0.256 e. The molecule has 6 nitrogen and oxygen atoms in total. The summed E-state index contributed by atoms with van der Waals surface area (Å²) in [4.78, 5) is 16.4. The molecule has 1 N–H and O–H groups in total. The summed E-state index contributed by atoms with van der Waals surface area (Å²) in [5.41, 5.74) is 1.63. The molecule has 0 atom stereocenters. The first-order valence-corrected chi connectivity index (χ1v) is 7.91. The zero-order valence-corrected chi connectivity index (χ0v) is 13.0. The van der Waals surface area contributed by atoms with Crippen molar-refractivity contribution in [1.29, 1.82) is 0 Å². The van der Waals surface area contributed by atoms with Gasteiger partial charge < -0.3 is 10.1 Å². The molecule has 24 heavy (non-hydrogen) atoms. The van der Waals surface area contributed by atoms with Gasteiger partial charge in [0, 0.05) is 24.2 Å². The monoisotopic (exact) mass is 320 g/mol. The van der Waals surface area contributed by atoms with E-state index in [0.29, 0.717) is 35.4 Å². The molecule has 1 fully saturated rings. The fourth-order valence-electron chi connectivity index (χ4n) is 2.48. The third kappa shape index (κ3) is 3.32. The molecular formula is C18H16N4O2. The lowest BCUT2D eigenvalue weighted by atomic mass is 10.1. The molecule has 0 radical (unpaired) electrons. The number of hydrogen-bond donors (Lipinski definition) is 1. The Morgan fingerprint density at radius 3 is 2.62 bits per heavy atom. The maximum atomic E-state index is 12.3. The Morgan fingerprint density at radius 2 is 1.92 bits per heavy atom. The predicted molar refractivity (Wildman–Crippen MR) is 90.4 cm³/mol. The summed E-state index contributed by atoms with van der Waals surface area (Å²) in [6.45, 7) is 0. The van der Waals surface area contributed by atoms with Gasteiger partial charge in [0.2, 0.25) is 5.88 Å². The summed E-state index contributed by atoms with van der Waals surface area (Å²) in [5.74, 6) is 2.15. The number of carbonyl (C=O) groups excluding carboxylic acids is 1. The van der Waals surface area contributed by atoms with Crippen LogP contribution >= 0.6 is 0 Å². The van der Waals surface area contributed by atoms with Gasteiger partial charge in [-0.3, -0.25) is 4.79 Å². The molecule has 4 rings (SSSR count). The standard InChI is InChI=1S/C18H16N4O2/c23-18(20-16-11-15(21-22-16)12-4-5-12)13-6-8-14(9-7-13)24-17-3-1-2-10-19-17/h1-3,6-10,12H,4-5,11H2,(H,20,22,23). The average molecular weight is 320 g/mol. The quantitative estimate of drug-likeness (QED) is 0.940. The summed E-state index contributed by atoms with van der Waals surface area (Å²) >= 11 is 0. The summed E-state index contributed by atoms with van der Waals surface area (Å²) in [6, 6.07) is 12.4. The molecule has 2 aromatic rings. The Bertz CT molecular complexity index is 809. The van der Waals surface area contributed by atoms with Crippen LogP contribution in [-0.2, 0) is 0 Å². The van der Waals surface area contributed by atoms with Crippen molar-refractivity contribution in [1.82, 2.24) is 10.3 Å². The van der Waals surface area contributed by atoms with Gasteiger partial charge in [-0.05, 0) is 49.1 Å². The van der Waals surface area contributed by atoms with Crippen LogP contribution in [0.3, 0.4) is 0 Å². The number of ether oxygens (including phenoxy) is 1. The van der Waals surface area contributed by atoms with E-state index in [0.717, 1.165) is 5.71 Å². The molecule has 2 aliphatic rings. The van der Waals surface area contributed by atoms with Gasteiger partial charge in [-0.15, -0.1) is 5.10 Å².